The maximum absolute atomic E-state index is 12.6. The maximum Gasteiger partial charge on any atom is 0.251 e. The van der Waals surface area contributed by atoms with E-state index in [1.807, 2.05) is 12.1 Å². The van der Waals surface area contributed by atoms with Crippen molar-refractivity contribution in [1.29, 1.82) is 0 Å². The molecule has 1 saturated heterocycles. The molecule has 1 amide bonds. The highest BCUT2D eigenvalue weighted by molar-refractivity contribution is 5.94. The summed E-state index contributed by atoms with van der Waals surface area (Å²) in [6.45, 7) is 11.1. The third kappa shape index (κ3) is 3.30. The summed E-state index contributed by atoms with van der Waals surface area (Å²) < 4.78 is 0. The molecule has 1 aromatic carbocycles. The van der Waals surface area contributed by atoms with Crippen LogP contribution in [0.4, 0.5) is 0 Å². The zero-order chi connectivity index (χ0) is 16.7. The first-order valence-electron chi connectivity index (χ1n) is 8.91. The SMILES string of the molecule is CC1(C)CC(C)(C)C1NC(=O)c1ccc(C2CCNCC2)cc1. The highest BCUT2D eigenvalue weighted by Crippen LogP contribution is 2.53. The Hall–Kier alpha value is -1.35. The first-order valence-corrected chi connectivity index (χ1v) is 8.91. The van der Waals surface area contributed by atoms with Crippen LogP contribution in [0.15, 0.2) is 24.3 Å². The number of rotatable bonds is 3. The van der Waals surface area contributed by atoms with Gasteiger partial charge in [-0.05, 0) is 66.8 Å². The Bertz CT molecular complexity index is 554. The first kappa shape index (κ1) is 16.5. The number of carbonyl (C=O) groups excluding carboxylic acids is 1. The smallest absolute Gasteiger partial charge is 0.251 e. The average Bonchev–Trinajstić information content (AvgIpc) is 2.52. The van der Waals surface area contributed by atoms with Gasteiger partial charge in [0.25, 0.3) is 5.91 Å². The van der Waals surface area contributed by atoms with E-state index in [-0.39, 0.29) is 22.8 Å². The zero-order valence-electron chi connectivity index (χ0n) is 14.9. The fourth-order valence-corrected chi connectivity index (χ4v) is 4.97. The molecule has 1 aromatic rings. The average molecular weight is 314 g/mol. The van der Waals surface area contributed by atoms with E-state index in [4.69, 9.17) is 0 Å². The van der Waals surface area contributed by atoms with E-state index in [1.54, 1.807) is 0 Å². The molecule has 126 valence electrons. The molecule has 1 aliphatic carbocycles. The Morgan fingerprint density at radius 2 is 1.61 bits per heavy atom. The van der Waals surface area contributed by atoms with Crippen molar-refractivity contribution >= 4 is 5.91 Å². The van der Waals surface area contributed by atoms with E-state index in [1.165, 1.54) is 18.4 Å². The van der Waals surface area contributed by atoms with Gasteiger partial charge in [0.05, 0.1) is 0 Å². The fourth-order valence-electron chi connectivity index (χ4n) is 4.97. The van der Waals surface area contributed by atoms with Crippen LogP contribution in [0.25, 0.3) is 0 Å². The van der Waals surface area contributed by atoms with Crippen molar-refractivity contribution in [2.24, 2.45) is 10.8 Å². The third-order valence-electron chi connectivity index (χ3n) is 5.73. The predicted molar refractivity (Wildman–Crippen MR) is 94.7 cm³/mol. The van der Waals surface area contributed by atoms with E-state index >= 15 is 0 Å². The number of carbonyl (C=O) groups is 1. The number of hydrogen-bond acceptors (Lipinski definition) is 2. The minimum atomic E-state index is 0.0627. The maximum atomic E-state index is 12.6. The van der Waals surface area contributed by atoms with Crippen LogP contribution in [-0.2, 0) is 0 Å². The van der Waals surface area contributed by atoms with Gasteiger partial charge in [-0.25, -0.2) is 0 Å². The molecule has 2 N–H and O–H groups in total. The standard InChI is InChI=1S/C20H30N2O/c1-19(2)13-20(3,4)18(19)22-17(23)16-7-5-14(6-8-16)15-9-11-21-12-10-15/h5-8,15,18,21H,9-13H2,1-4H3,(H,22,23). The lowest BCUT2D eigenvalue weighted by Gasteiger charge is -2.57. The van der Waals surface area contributed by atoms with E-state index in [2.05, 4.69) is 50.5 Å². The number of piperidine rings is 1. The van der Waals surface area contributed by atoms with Crippen LogP contribution in [0.1, 0.15) is 68.8 Å². The van der Waals surface area contributed by atoms with Crippen LogP contribution in [0.2, 0.25) is 0 Å². The Labute approximate surface area is 140 Å². The second-order valence-electron chi connectivity index (χ2n) is 8.71. The number of benzene rings is 1. The van der Waals surface area contributed by atoms with Crippen LogP contribution in [-0.4, -0.2) is 25.0 Å². The van der Waals surface area contributed by atoms with Crippen molar-refractivity contribution in [3.05, 3.63) is 35.4 Å². The van der Waals surface area contributed by atoms with Gasteiger partial charge in [0, 0.05) is 11.6 Å². The van der Waals surface area contributed by atoms with Gasteiger partial charge in [0.2, 0.25) is 0 Å². The normalized spacial score (nSPS) is 24.0. The minimum absolute atomic E-state index is 0.0627. The lowest BCUT2D eigenvalue weighted by Crippen LogP contribution is -2.63. The van der Waals surface area contributed by atoms with Gasteiger partial charge in [0.15, 0.2) is 0 Å². The fraction of sp³-hybridized carbons (Fsp3) is 0.650. The molecule has 0 radical (unpaired) electrons. The number of nitrogens with one attached hydrogen (secondary N) is 2. The molecule has 1 aliphatic heterocycles. The molecule has 0 spiro atoms. The molecule has 0 bridgehead atoms. The van der Waals surface area contributed by atoms with Crippen molar-refractivity contribution in [2.45, 2.75) is 58.9 Å². The predicted octanol–water partition coefficient (Wildman–Crippen LogP) is 3.71. The van der Waals surface area contributed by atoms with Gasteiger partial charge in [-0.15, -0.1) is 0 Å². The first-order chi connectivity index (χ1) is 10.8. The molecule has 3 nitrogen and oxygen atoms in total. The van der Waals surface area contributed by atoms with Gasteiger partial charge in [-0.1, -0.05) is 39.8 Å². The van der Waals surface area contributed by atoms with Gasteiger partial charge >= 0.3 is 0 Å². The molecule has 3 heteroatoms. The highest BCUT2D eigenvalue weighted by atomic mass is 16.1. The third-order valence-corrected chi connectivity index (χ3v) is 5.73. The van der Waals surface area contributed by atoms with Crippen molar-refractivity contribution in [3.8, 4) is 0 Å². The summed E-state index contributed by atoms with van der Waals surface area (Å²) in [5.74, 6) is 0.700. The molecular weight excluding hydrogens is 284 g/mol. The summed E-state index contributed by atoms with van der Waals surface area (Å²) >= 11 is 0. The summed E-state index contributed by atoms with van der Waals surface area (Å²) in [4.78, 5) is 12.6. The summed E-state index contributed by atoms with van der Waals surface area (Å²) in [5, 5.41) is 6.66. The lowest BCUT2D eigenvalue weighted by atomic mass is 9.52. The van der Waals surface area contributed by atoms with Gasteiger partial charge in [-0.2, -0.15) is 0 Å². The molecule has 1 heterocycles. The van der Waals surface area contributed by atoms with Crippen molar-refractivity contribution in [1.82, 2.24) is 10.6 Å². The monoisotopic (exact) mass is 314 g/mol. The Morgan fingerprint density at radius 1 is 1.04 bits per heavy atom. The van der Waals surface area contributed by atoms with Gasteiger partial charge in [-0.3, -0.25) is 4.79 Å². The summed E-state index contributed by atoms with van der Waals surface area (Å²) in [5.41, 5.74) is 2.52. The molecule has 1 saturated carbocycles. The Balaban J connectivity index is 1.66. The van der Waals surface area contributed by atoms with Crippen LogP contribution in [0.5, 0.6) is 0 Å². The number of hydrogen-bond donors (Lipinski definition) is 2. The molecule has 0 aromatic heterocycles. The van der Waals surface area contributed by atoms with Crippen LogP contribution in [0.3, 0.4) is 0 Å². The summed E-state index contributed by atoms with van der Waals surface area (Å²) in [6, 6.07) is 8.51. The number of amides is 1. The van der Waals surface area contributed by atoms with E-state index in [9.17, 15) is 4.79 Å². The molecule has 23 heavy (non-hydrogen) atoms. The largest absolute Gasteiger partial charge is 0.348 e. The second-order valence-corrected chi connectivity index (χ2v) is 8.71. The van der Waals surface area contributed by atoms with Crippen molar-refractivity contribution in [3.63, 3.8) is 0 Å². The highest BCUT2D eigenvalue weighted by Gasteiger charge is 2.53. The Morgan fingerprint density at radius 3 is 2.13 bits per heavy atom. The summed E-state index contributed by atoms with van der Waals surface area (Å²) in [7, 11) is 0. The lowest BCUT2D eigenvalue weighted by molar-refractivity contribution is -0.0366. The van der Waals surface area contributed by atoms with Crippen LogP contribution < -0.4 is 10.6 Å². The molecule has 0 unspecified atom stereocenters. The molecule has 2 fully saturated rings. The quantitative estimate of drug-likeness (QED) is 0.893. The molecular formula is C20H30N2O. The van der Waals surface area contributed by atoms with Crippen LogP contribution >= 0.6 is 0 Å². The van der Waals surface area contributed by atoms with E-state index in [0.717, 1.165) is 25.1 Å². The molecule has 0 atom stereocenters. The Kier molecular flexibility index (Phi) is 4.26. The topological polar surface area (TPSA) is 41.1 Å². The van der Waals surface area contributed by atoms with E-state index in [0.29, 0.717) is 5.92 Å². The second kappa shape index (κ2) is 5.94. The van der Waals surface area contributed by atoms with Crippen molar-refractivity contribution < 1.29 is 4.79 Å². The summed E-state index contributed by atoms with van der Waals surface area (Å²) in [6.07, 6.45) is 3.53. The zero-order valence-corrected chi connectivity index (χ0v) is 14.9. The van der Waals surface area contributed by atoms with Gasteiger partial charge in [0.1, 0.15) is 0 Å². The van der Waals surface area contributed by atoms with Crippen LogP contribution in [0, 0.1) is 10.8 Å². The van der Waals surface area contributed by atoms with Gasteiger partial charge < -0.3 is 10.6 Å². The molecule has 2 aliphatic rings. The van der Waals surface area contributed by atoms with E-state index < -0.39 is 0 Å². The minimum Gasteiger partial charge on any atom is -0.348 e. The van der Waals surface area contributed by atoms with Crippen molar-refractivity contribution in [2.75, 3.05) is 13.1 Å². The molecule has 3 rings (SSSR count).